The van der Waals surface area contributed by atoms with Crippen LogP contribution in [0.25, 0.3) is 27.6 Å². The first-order valence-electron chi connectivity index (χ1n) is 11.1. The molecule has 0 unspecified atom stereocenters. The van der Waals surface area contributed by atoms with Gasteiger partial charge in [-0.2, -0.15) is 5.10 Å². The van der Waals surface area contributed by atoms with Gasteiger partial charge < -0.3 is 10.1 Å². The number of aromatic nitrogens is 4. The fraction of sp³-hybridized carbons (Fsp3) is 0.111. The molecule has 0 saturated heterocycles. The van der Waals surface area contributed by atoms with Crippen LogP contribution in [0.15, 0.2) is 84.4 Å². The number of pyridine rings is 1. The smallest absolute Gasteiger partial charge is 0.231 e. The molecule has 1 amide bonds. The zero-order valence-corrected chi connectivity index (χ0v) is 20.1. The molecule has 0 aliphatic carbocycles. The Balaban J connectivity index is 1.43. The summed E-state index contributed by atoms with van der Waals surface area (Å²) < 4.78 is 7.26. The second kappa shape index (κ2) is 9.90. The molecule has 174 valence electrons. The highest BCUT2D eigenvalue weighted by Gasteiger charge is 2.17. The quantitative estimate of drug-likeness (QED) is 0.329. The standard InChI is InChI=1S/C27H23N5O2S/c1-18-10-12-20(13-11-18)32-25(16-23(31-32)21-7-3-4-9-24(21)34-2)30-26(33)15-19-17-35-27(29-19)22-8-5-6-14-28-22/h3-14,16-17H,15H2,1-2H3,(H,30,33). The van der Waals surface area contributed by atoms with E-state index in [2.05, 4.69) is 15.3 Å². The first kappa shape index (κ1) is 22.5. The van der Waals surface area contributed by atoms with Gasteiger partial charge in [0, 0.05) is 23.2 Å². The van der Waals surface area contributed by atoms with Crippen LogP contribution in [0.1, 0.15) is 11.3 Å². The molecule has 7 nitrogen and oxygen atoms in total. The van der Waals surface area contributed by atoms with Crippen molar-refractivity contribution in [2.24, 2.45) is 0 Å². The molecule has 0 atom stereocenters. The minimum Gasteiger partial charge on any atom is -0.496 e. The molecule has 1 N–H and O–H groups in total. The van der Waals surface area contributed by atoms with Crippen molar-refractivity contribution in [1.82, 2.24) is 19.7 Å². The number of para-hydroxylation sites is 1. The van der Waals surface area contributed by atoms with Crippen LogP contribution in [-0.4, -0.2) is 32.8 Å². The second-order valence-electron chi connectivity index (χ2n) is 7.95. The Labute approximate surface area is 207 Å². The first-order valence-corrected chi connectivity index (χ1v) is 11.9. The molecule has 35 heavy (non-hydrogen) atoms. The third-order valence-electron chi connectivity index (χ3n) is 5.42. The van der Waals surface area contributed by atoms with Gasteiger partial charge in [0.05, 0.1) is 36.3 Å². The molecular weight excluding hydrogens is 458 g/mol. The molecular formula is C27H23N5O2S. The maximum atomic E-state index is 13.0. The summed E-state index contributed by atoms with van der Waals surface area (Å²) in [4.78, 5) is 21.9. The van der Waals surface area contributed by atoms with Gasteiger partial charge in [-0.05, 0) is 43.3 Å². The third kappa shape index (κ3) is 4.97. The topological polar surface area (TPSA) is 81.9 Å². The lowest BCUT2D eigenvalue weighted by atomic mass is 10.1. The summed E-state index contributed by atoms with van der Waals surface area (Å²) in [5.74, 6) is 1.10. The Kier molecular flexibility index (Phi) is 6.36. The van der Waals surface area contributed by atoms with Crippen LogP contribution in [0, 0.1) is 6.92 Å². The largest absolute Gasteiger partial charge is 0.496 e. The average Bonchev–Trinajstić information content (AvgIpc) is 3.52. The molecule has 0 fully saturated rings. The van der Waals surface area contributed by atoms with Gasteiger partial charge in [-0.25, -0.2) is 9.67 Å². The Bertz CT molecular complexity index is 1460. The van der Waals surface area contributed by atoms with Crippen LogP contribution in [0.3, 0.4) is 0 Å². The summed E-state index contributed by atoms with van der Waals surface area (Å²) in [5, 5.41) is 10.5. The van der Waals surface area contributed by atoms with Crippen LogP contribution in [0.5, 0.6) is 5.75 Å². The summed E-state index contributed by atoms with van der Waals surface area (Å²) in [7, 11) is 1.63. The van der Waals surface area contributed by atoms with Crippen LogP contribution >= 0.6 is 11.3 Å². The van der Waals surface area contributed by atoms with Crippen LogP contribution < -0.4 is 10.1 Å². The van der Waals surface area contributed by atoms with E-state index in [1.807, 2.05) is 85.1 Å². The summed E-state index contributed by atoms with van der Waals surface area (Å²) in [6.45, 7) is 2.03. The van der Waals surface area contributed by atoms with Gasteiger partial charge in [0.2, 0.25) is 5.91 Å². The maximum Gasteiger partial charge on any atom is 0.231 e. The van der Waals surface area contributed by atoms with Gasteiger partial charge in [-0.1, -0.05) is 35.9 Å². The van der Waals surface area contributed by atoms with Gasteiger partial charge in [-0.3, -0.25) is 9.78 Å². The minimum absolute atomic E-state index is 0.145. The number of hydrogen-bond acceptors (Lipinski definition) is 6. The summed E-state index contributed by atoms with van der Waals surface area (Å²) >= 11 is 1.47. The van der Waals surface area contributed by atoms with Gasteiger partial charge in [0.25, 0.3) is 0 Å². The highest BCUT2D eigenvalue weighted by molar-refractivity contribution is 7.13. The molecule has 0 bridgehead atoms. The molecule has 0 aliphatic rings. The van der Waals surface area contributed by atoms with E-state index < -0.39 is 0 Å². The van der Waals surface area contributed by atoms with Crippen molar-refractivity contribution in [3.63, 3.8) is 0 Å². The third-order valence-corrected chi connectivity index (χ3v) is 6.33. The van der Waals surface area contributed by atoms with Crippen molar-refractivity contribution >= 4 is 23.1 Å². The van der Waals surface area contributed by atoms with Gasteiger partial charge >= 0.3 is 0 Å². The van der Waals surface area contributed by atoms with E-state index in [1.165, 1.54) is 11.3 Å². The van der Waals surface area contributed by atoms with Crippen molar-refractivity contribution in [2.45, 2.75) is 13.3 Å². The summed E-state index contributed by atoms with van der Waals surface area (Å²) in [6, 6.07) is 23.2. The van der Waals surface area contributed by atoms with E-state index in [-0.39, 0.29) is 12.3 Å². The van der Waals surface area contributed by atoms with Crippen molar-refractivity contribution < 1.29 is 9.53 Å². The number of aryl methyl sites for hydroxylation is 1. The molecule has 8 heteroatoms. The molecule has 0 radical (unpaired) electrons. The number of nitrogens with one attached hydrogen (secondary N) is 1. The number of nitrogens with zero attached hydrogens (tertiary/aromatic N) is 4. The Hall–Kier alpha value is -4.30. The zero-order chi connectivity index (χ0) is 24.2. The second-order valence-corrected chi connectivity index (χ2v) is 8.80. The lowest BCUT2D eigenvalue weighted by Crippen LogP contribution is -2.17. The number of anilines is 1. The number of carbonyl (C=O) groups excluding carboxylic acids is 1. The predicted octanol–water partition coefficient (Wildman–Crippen LogP) is 5.56. The van der Waals surface area contributed by atoms with Gasteiger partial charge in [0.15, 0.2) is 0 Å². The maximum absolute atomic E-state index is 13.0. The minimum atomic E-state index is -0.178. The van der Waals surface area contributed by atoms with Crippen molar-refractivity contribution in [3.8, 4) is 33.4 Å². The van der Waals surface area contributed by atoms with Crippen LogP contribution in [0.2, 0.25) is 0 Å². The molecule has 0 saturated carbocycles. The molecule has 0 spiro atoms. The number of hydrogen-bond donors (Lipinski definition) is 1. The molecule has 3 heterocycles. The van der Waals surface area contributed by atoms with E-state index in [4.69, 9.17) is 9.84 Å². The Morgan fingerprint density at radius 2 is 1.83 bits per heavy atom. The van der Waals surface area contributed by atoms with Crippen molar-refractivity contribution in [2.75, 3.05) is 12.4 Å². The molecule has 3 aromatic heterocycles. The number of ether oxygens (including phenoxy) is 1. The van der Waals surface area contributed by atoms with E-state index in [1.54, 1.807) is 18.0 Å². The number of amides is 1. The fourth-order valence-corrected chi connectivity index (χ4v) is 4.48. The SMILES string of the molecule is COc1ccccc1-c1cc(NC(=O)Cc2csc(-c3ccccn3)n2)n(-c2ccc(C)cc2)n1. The molecule has 2 aromatic carbocycles. The van der Waals surface area contributed by atoms with E-state index >= 15 is 0 Å². The van der Waals surface area contributed by atoms with Crippen LogP contribution in [0.4, 0.5) is 5.82 Å². The average molecular weight is 482 g/mol. The summed E-state index contributed by atoms with van der Waals surface area (Å²) in [6.07, 6.45) is 1.88. The van der Waals surface area contributed by atoms with Crippen molar-refractivity contribution in [1.29, 1.82) is 0 Å². The number of rotatable bonds is 7. The fourth-order valence-electron chi connectivity index (χ4n) is 3.69. The zero-order valence-electron chi connectivity index (χ0n) is 19.3. The lowest BCUT2D eigenvalue weighted by molar-refractivity contribution is -0.115. The predicted molar refractivity (Wildman–Crippen MR) is 138 cm³/mol. The monoisotopic (exact) mass is 481 g/mol. The highest BCUT2D eigenvalue weighted by atomic mass is 32.1. The van der Waals surface area contributed by atoms with Gasteiger partial charge in [-0.15, -0.1) is 11.3 Å². The highest BCUT2D eigenvalue weighted by Crippen LogP contribution is 2.32. The normalized spacial score (nSPS) is 10.8. The number of thiazole rings is 1. The molecule has 5 rings (SSSR count). The molecule has 5 aromatic rings. The van der Waals surface area contributed by atoms with E-state index in [0.29, 0.717) is 23.0 Å². The van der Waals surface area contributed by atoms with Crippen LogP contribution in [-0.2, 0) is 11.2 Å². The lowest BCUT2D eigenvalue weighted by Gasteiger charge is -2.09. The number of carbonyl (C=O) groups is 1. The molecule has 0 aliphatic heterocycles. The summed E-state index contributed by atoms with van der Waals surface area (Å²) in [5.41, 5.74) is 5.02. The van der Waals surface area contributed by atoms with E-state index in [9.17, 15) is 4.79 Å². The van der Waals surface area contributed by atoms with E-state index in [0.717, 1.165) is 27.5 Å². The number of benzene rings is 2. The first-order chi connectivity index (χ1) is 17.1. The Morgan fingerprint density at radius 1 is 1.03 bits per heavy atom. The van der Waals surface area contributed by atoms with Crippen molar-refractivity contribution in [3.05, 3.63) is 95.6 Å². The Morgan fingerprint density at radius 3 is 2.60 bits per heavy atom. The number of methoxy groups -OCH3 is 1. The van der Waals surface area contributed by atoms with Gasteiger partial charge in [0.1, 0.15) is 16.6 Å².